The van der Waals surface area contributed by atoms with E-state index in [4.69, 9.17) is 10.7 Å². The Kier molecular flexibility index (Phi) is 4.41. The summed E-state index contributed by atoms with van der Waals surface area (Å²) in [4.78, 5) is 18.9. The molecule has 5 nitrogen and oxygen atoms in total. The molecule has 1 aromatic carbocycles. The summed E-state index contributed by atoms with van der Waals surface area (Å²) < 4.78 is 15.9. The van der Waals surface area contributed by atoms with Crippen LogP contribution in [-0.2, 0) is 16.9 Å². The Hall–Kier alpha value is -2.21. The third-order valence-corrected chi connectivity index (χ3v) is 4.90. The minimum Gasteiger partial charge on any atom is -0.327 e. The van der Waals surface area contributed by atoms with Gasteiger partial charge < -0.3 is 15.2 Å². The molecule has 1 aliphatic heterocycles. The molecular weight excluding hydrogens is 319 g/mol. The predicted molar refractivity (Wildman–Crippen MR) is 95.5 cm³/mol. The van der Waals surface area contributed by atoms with Gasteiger partial charge in [0.1, 0.15) is 11.6 Å². The topological polar surface area (TPSA) is 64.2 Å². The minimum absolute atomic E-state index is 0.0159. The van der Waals surface area contributed by atoms with Gasteiger partial charge in [-0.2, -0.15) is 0 Å². The fraction of sp³-hybridized carbons (Fsp3) is 0.474. The van der Waals surface area contributed by atoms with E-state index in [2.05, 4.69) is 18.4 Å². The molecule has 2 N–H and O–H groups in total. The highest BCUT2D eigenvalue weighted by atomic mass is 19.1. The molecule has 0 atom stereocenters. The molecule has 1 aliphatic rings. The number of imidazole rings is 1. The van der Waals surface area contributed by atoms with Crippen molar-refractivity contribution >= 4 is 5.91 Å². The second-order valence-electron chi connectivity index (χ2n) is 7.29. The average molecular weight is 344 g/mol. The van der Waals surface area contributed by atoms with Gasteiger partial charge in [-0.05, 0) is 31.9 Å². The fourth-order valence-corrected chi connectivity index (χ4v) is 3.74. The third kappa shape index (κ3) is 2.84. The maximum Gasteiger partial charge on any atom is 0.237 e. The Morgan fingerprint density at radius 3 is 2.68 bits per heavy atom. The van der Waals surface area contributed by atoms with Crippen molar-refractivity contribution in [1.29, 1.82) is 0 Å². The maximum absolute atomic E-state index is 13.7. The number of carbonyl (C=O) groups is 1. The molecule has 0 bridgehead atoms. The first-order valence-corrected chi connectivity index (χ1v) is 8.64. The zero-order valence-electron chi connectivity index (χ0n) is 15.2. The summed E-state index contributed by atoms with van der Waals surface area (Å²) in [6.45, 7) is 9.43. The van der Waals surface area contributed by atoms with E-state index in [1.165, 1.54) is 12.1 Å². The number of rotatable bonds is 3. The van der Waals surface area contributed by atoms with Crippen molar-refractivity contribution < 1.29 is 9.18 Å². The van der Waals surface area contributed by atoms with Crippen LogP contribution >= 0.6 is 0 Å². The maximum atomic E-state index is 13.7. The molecule has 0 spiro atoms. The Balaban J connectivity index is 2.19. The van der Waals surface area contributed by atoms with Crippen LogP contribution in [0.5, 0.6) is 0 Å². The van der Waals surface area contributed by atoms with Crippen LogP contribution in [0, 0.1) is 5.82 Å². The highest BCUT2D eigenvalue weighted by Crippen LogP contribution is 2.38. The number of amides is 1. The molecule has 0 saturated heterocycles. The normalized spacial score (nSPS) is 16.2. The first-order valence-electron chi connectivity index (χ1n) is 8.64. The lowest BCUT2D eigenvalue weighted by atomic mass is 9.98. The Bertz CT molecular complexity index is 810. The lowest BCUT2D eigenvalue weighted by Gasteiger charge is -2.42. The van der Waals surface area contributed by atoms with Crippen molar-refractivity contribution in [2.75, 3.05) is 13.1 Å². The Morgan fingerprint density at radius 1 is 1.36 bits per heavy atom. The number of carbonyl (C=O) groups excluding carboxylic acids is 1. The van der Waals surface area contributed by atoms with E-state index in [0.29, 0.717) is 13.1 Å². The molecule has 0 aliphatic carbocycles. The smallest absolute Gasteiger partial charge is 0.237 e. The average Bonchev–Trinajstić information content (AvgIpc) is 2.95. The van der Waals surface area contributed by atoms with Crippen LogP contribution in [0.15, 0.2) is 24.3 Å². The molecule has 0 fully saturated rings. The van der Waals surface area contributed by atoms with Crippen molar-refractivity contribution in [1.82, 2.24) is 14.5 Å². The molecule has 2 heterocycles. The van der Waals surface area contributed by atoms with E-state index in [-0.39, 0.29) is 24.2 Å². The molecule has 25 heavy (non-hydrogen) atoms. The van der Waals surface area contributed by atoms with Gasteiger partial charge in [-0.3, -0.25) is 4.79 Å². The first-order chi connectivity index (χ1) is 11.8. The molecule has 0 saturated carbocycles. The largest absolute Gasteiger partial charge is 0.327 e. The number of hydrogen-bond acceptors (Lipinski definition) is 3. The van der Waals surface area contributed by atoms with Crippen molar-refractivity contribution in [2.45, 2.75) is 45.7 Å². The summed E-state index contributed by atoms with van der Waals surface area (Å²) in [6, 6.07) is 6.51. The lowest BCUT2D eigenvalue weighted by molar-refractivity contribution is -0.137. The second kappa shape index (κ2) is 6.26. The minimum atomic E-state index is -0.566. The molecule has 1 amide bonds. The monoisotopic (exact) mass is 344 g/mol. The molecule has 6 heteroatoms. The summed E-state index contributed by atoms with van der Waals surface area (Å²) in [5, 5.41) is 0. The van der Waals surface area contributed by atoms with Gasteiger partial charge in [0, 0.05) is 24.3 Å². The van der Waals surface area contributed by atoms with Crippen LogP contribution in [-0.4, -0.2) is 33.4 Å². The van der Waals surface area contributed by atoms with Crippen molar-refractivity contribution in [2.24, 2.45) is 5.73 Å². The zero-order chi connectivity index (χ0) is 18.4. The van der Waals surface area contributed by atoms with Crippen molar-refractivity contribution in [3.63, 3.8) is 0 Å². The number of aromatic nitrogens is 2. The standard InChI is InChI=1S/C19H25FN4O/c1-12(2)17-16(13-6-5-7-14(20)10-13)22-18-19(3,4)24(15(25)11-21)9-8-23(17)18/h5-7,10,12H,8-9,11,21H2,1-4H3. The zero-order valence-corrected chi connectivity index (χ0v) is 15.2. The van der Waals surface area contributed by atoms with Gasteiger partial charge >= 0.3 is 0 Å². The van der Waals surface area contributed by atoms with Crippen LogP contribution in [0.1, 0.15) is 45.1 Å². The van der Waals surface area contributed by atoms with E-state index in [1.54, 1.807) is 11.0 Å². The Labute approximate surface area is 147 Å². The van der Waals surface area contributed by atoms with Crippen LogP contribution < -0.4 is 5.73 Å². The molecule has 0 unspecified atom stereocenters. The molecule has 134 valence electrons. The first kappa shape index (κ1) is 17.6. The van der Waals surface area contributed by atoms with Crippen LogP contribution in [0.2, 0.25) is 0 Å². The molecular formula is C19H25FN4O. The highest BCUT2D eigenvalue weighted by Gasteiger charge is 2.41. The lowest BCUT2D eigenvalue weighted by Crippen LogP contribution is -2.53. The van der Waals surface area contributed by atoms with E-state index in [1.807, 2.05) is 19.9 Å². The van der Waals surface area contributed by atoms with Gasteiger partial charge in [0.15, 0.2) is 0 Å². The van der Waals surface area contributed by atoms with E-state index in [0.717, 1.165) is 22.8 Å². The van der Waals surface area contributed by atoms with Crippen LogP contribution in [0.4, 0.5) is 4.39 Å². The van der Waals surface area contributed by atoms with Crippen LogP contribution in [0.3, 0.4) is 0 Å². The number of benzene rings is 1. The van der Waals surface area contributed by atoms with Gasteiger partial charge in [-0.15, -0.1) is 0 Å². The number of nitrogens with two attached hydrogens (primary N) is 1. The predicted octanol–water partition coefficient (Wildman–Crippen LogP) is 2.85. The molecule has 2 aromatic rings. The highest BCUT2D eigenvalue weighted by molar-refractivity contribution is 5.79. The summed E-state index contributed by atoms with van der Waals surface area (Å²) in [5.41, 5.74) is 7.64. The van der Waals surface area contributed by atoms with Gasteiger partial charge in [0.05, 0.1) is 17.8 Å². The molecule has 3 rings (SSSR count). The molecule has 0 radical (unpaired) electrons. The summed E-state index contributed by atoms with van der Waals surface area (Å²) in [6.07, 6.45) is 0. The van der Waals surface area contributed by atoms with Gasteiger partial charge in [-0.25, -0.2) is 9.37 Å². The molecule has 1 aromatic heterocycles. The Morgan fingerprint density at radius 2 is 2.08 bits per heavy atom. The summed E-state index contributed by atoms with van der Waals surface area (Å²) in [7, 11) is 0. The number of halogens is 1. The SMILES string of the molecule is CC(C)c1c(-c2cccc(F)c2)nc2n1CCN(C(=O)CN)C2(C)C. The second-order valence-corrected chi connectivity index (χ2v) is 7.29. The fourth-order valence-electron chi connectivity index (χ4n) is 3.74. The van der Waals surface area contributed by atoms with E-state index in [9.17, 15) is 9.18 Å². The summed E-state index contributed by atoms with van der Waals surface area (Å²) in [5.74, 6) is 0.686. The third-order valence-electron chi connectivity index (χ3n) is 4.90. The van der Waals surface area contributed by atoms with E-state index < -0.39 is 5.54 Å². The van der Waals surface area contributed by atoms with E-state index >= 15 is 0 Å². The van der Waals surface area contributed by atoms with Crippen molar-refractivity contribution in [3.8, 4) is 11.3 Å². The van der Waals surface area contributed by atoms with Gasteiger partial charge in [0.2, 0.25) is 5.91 Å². The number of hydrogen-bond donors (Lipinski definition) is 1. The number of fused-ring (bicyclic) bond motifs is 1. The number of nitrogens with zero attached hydrogens (tertiary/aromatic N) is 3. The van der Waals surface area contributed by atoms with Crippen LogP contribution in [0.25, 0.3) is 11.3 Å². The van der Waals surface area contributed by atoms with Gasteiger partial charge in [0.25, 0.3) is 0 Å². The van der Waals surface area contributed by atoms with Gasteiger partial charge in [-0.1, -0.05) is 26.0 Å². The van der Waals surface area contributed by atoms with Crippen molar-refractivity contribution in [3.05, 3.63) is 41.6 Å². The summed E-state index contributed by atoms with van der Waals surface area (Å²) >= 11 is 0. The quantitative estimate of drug-likeness (QED) is 0.931.